The fraction of sp³-hybridized carbons (Fsp3) is 0.500. The van der Waals surface area contributed by atoms with Gasteiger partial charge < -0.3 is 9.42 Å². The third-order valence-corrected chi connectivity index (χ3v) is 10.1. The Morgan fingerprint density at radius 1 is 1.03 bits per heavy atom. The van der Waals surface area contributed by atoms with Gasteiger partial charge in [-0.2, -0.15) is 0 Å². The molecule has 2 saturated carbocycles. The van der Waals surface area contributed by atoms with E-state index < -0.39 is 7.37 Å². The standard InChI is InChI=1S/C26H32NO3P/c1-19-4-6-20(7-5-19)17-31(29,30-2)18-21-8-10-24-22(14-21)9-11-25(28)27(24)23-15-26(16-23)12-3-13-26/h4-8,10,14,23H,3,9,11-13,15-18H2,1-2H3. The van der Waals surface area contributed by atoms with Crippen LogP contribution < -0.4 is 4.90 Å². The van der Waals surface area contributed by atoms with E-state index in [2.05, 4.69) is 24.0 Å². The number of aryl methyl sites for hydroxylation is 2. The lowest BCUT2D eigenvalue weighted by atomic mass is 9.53. The summed E-state index contributed by atoms with van der Waals surface area (Å²) in [7, 11) is -1.27. The topological polar surface area (TPSA) is 46.6 Å². The van der Waals surface area contributed by atoms with Crippen LogP contribution in [-0.4, -0.2) is 19.1 Å². The number of rotatable bonds is 6. The SMILES string of the molecule is COP(=O)(Cc1ccc(C)cc1)Cc1ccc2c(c1)CCC(=O)N2C1CC2(CCC2)C1. The van der Waals surface area contributed by atoms with Gasteiger partial charge >= 0.3 is 0 Å². The molecule has 2 aromatic rings. The fourth-order valence-corrected chi connectivity index (χ4v) is 7.60. The smallest absolute Gasteiger partial charge is 0.227 e. The van der Waals surface area contributed by atoms with Gasteiger partial charge in [-0.25, -0.2) is 0 Å². The summed E-state index contributed by atoms with van der Waals surface area (Å²) in [6.07, 6.45) is 8.56. The van der Waals surface area contributed by atoms with Gasteiger partial charge in [-0.15, -0.1) is 0 Å². The summed E-state index contributed by atoms with van der Waals surface area (Å²) >= 11 is 0. The lowest BCUT2D eigenvalue weighted by Crippen LogP contribution is -2.56. The Bertz CT molecular complexity index is 1030. The molecule has 2 aromatic carbocycles. The molecule has 31 heavy (non-hydrogen) atoms. The zero-order valence-electron chi connectivity index (χ0n) is 18.6. The first kappa shape index (κ1) is 21.0. The van der Waals surface area contributed by atoms with Gasteiger partial charge in [0.2, 0.25) is 13.3 Å². The highest BCUT2D eigenvalue weighted by Crippen LogP contribution is 2.58. The normalized spacial score (nSPS) is 21.9. The van der Waals surface area contributed by atoms with Gasteiger partial charge in [0.1, 0.15) is 0 Å². The first-order valence-corrected chi connectivity index (χ1v) is 13.5. The van der Waals surface area contributed by atoms with Crippen LogP contribution in [-0.2, 0) is 32.6 Å². The molecule has 1 aliphatic heterocycles. The highest BCUT2D eigenvalue weighted by Gasteiger charge is 2.51. The maximum Gasteiger partial charge on any atom is 0.227 e. The van der Waals surface area contributed by atoms with Crippen LogP contribution in [0.2, 0.25) is 0 Å². The molecular formula is C26H32NO3P. The molecule has 1 spiro atoms. The highest BCUT2D eigenvalue weighted by atomic mass is 31.2. The van der Waals surface area contributed by atoms with E-state index in [1.165, 1.54) is 30.4 Å². The van der Waals surface area contributed by atoms with Gasteiger partial charge in [-0.3, -0.25) is 9.36 Å². The molecule has 0 radical (unpaired) electrons. The molecule has 3 aliphatic rings. The first-order valence-electron chi connectivity index (χ1n) is 11.5. The van der Waals surface area contributed by atoms with E-state index >= 15 is 0 Å². The molecule has 1 unspecified atom stereocenters. The molecule has 2 fully saturated rings. The highest BCUT2D eigenvalue weighted by molar-refractivity contribution is 7.57. The maximum absolute atomic E-state index is 13.5. The van der Waals surface area contributed by atoms with Gasteiger partial charge in [-0.1, -0.05) is 48.4 Å². The molecule has 0 aromatic heterocycles. The van der Waals surface area contributed by atoms with Crippen LogP contribution in [0.1, 0.15) is 60.8 Å². The Labute approximate surface area is 185 Å². The van der Waals surface area contributed by atoms with Gasteiger partial charge in [0.05, 0.1) is 12.3 Å². The lowest BCUT2D eigenvalue weighted by molar-refractivity contribution is -0.121. The van der Waals surface area contributed by atoms with Crippen molar-refractivity contribution in [2.75, 3.05) is 12.0 Å². The van der Waals surface area contributed by atoms with Crippen molar-refractivity contribution >= 4 is 19.0 Å². The summed E-state index contributed by atoms with van der Waals surface area (Å²) in [6, 6.07) is 14.8. The van der Waals surface area contributed by atoms with Crippen LogP contribution >= 0.6 is 7.37 Å². The van der Waals surface area contributed by atoms with Crippen LogP contribution in [0, 0.1) is 12.3 Å². The van der Waals surface area contributed by atoms with E-state index in [1.54, 1.807) is 7.11 Å². The van der Waals surface area contributed by atoms with E-state index in [0.717, 1.165) is 36.1 Å². The minimum atomic E-state index is -2.83. The Morgan fingerprint density at radius 2 is 1.71 bits per heavy atom. The first-order chi connectivity index (χ1) is 14.9. The second kappa shape index (κ2) is 7.90. The van der Waals surface area contributed by atoms with E-state index in [4.69, 9.17) is 4.52 Å². The minimum absolute atomic E-state index is 0.265. The average Bonchev–Trinajstić information content (AvgIpc) is 2.69. The molecule has 0 saturated heterocycles. The molecular weight excluding hydrogens is 405 g/mol. The number of anilines is 1. The molecule has 1 amide bonds. The minimum Gasteiger partial charge on any atom is -0.331 e. The van der Waals surface area contributed by atoms with Crippen LogP contribution in [0.3, 0.4) is 0 Å². The number of hydrogen-bond donors (Lipinski definition) is 0. The van der Waals surface area contributed by atoms with Crippen LogP contribution in [0.4, 0.5) is 5.69 Å². The van der Waals surface area contributed by atoms with Gasteiger partial charge in [0.25, 0.3) is 0 Å². The van der Waals surface area contributed by atoms with Crippen LogP contribution in [0.15, 0.2) is 42.5 Å². The Balaban J connectivity index is 1.33. The van der Waals surface area contributed by atoms with Crippen molar-refractivity contribution in [2.45, 2.75) is 70.2 Å². The number of nitrogens with zero attached hydrogens (tertiary/aromatic N) is 1. The van der Waals surface area contributed by atoms with Crippen molar-refractivity contribution in [2.24, 2.45) is 5.41 Å². The van der Waals surface area contributed by atoms with E-state index in [9.17, 15) is 9.36 Å². The summed E-state index contributed by atoms with van der Waals surface area (Å²) in [4.78, 5) is 14.8. The Hall–Kier alpha value is -1.90. The summed E-state index contributed by atoms with van der Waals surface area (Å²) in [6.45, 7) is 2.05. The zero-order chi connectivity index (χ0) is 21.6. The van der Waals surface area contributed by atoms with Gasteiger partial charge in [-0.05, 0) is 67.2 Å². The van der Waals surface area contributed by atoms with E-state index in [0.29, 0.717) is 30.2 Å². The van der Waals surface area contributed by atoms with Crippen molar-refractivity contribution in [3.05, 3.63) is 64.7 Å². The molecule has 5 heteroatoms. The second-order valence-electron chi connectivity index (χ2n) is 9.94. The monoisotopic (exact) mass is 437 g/mol. The quantitative estimate of drug-likeness (QED) is 0.503. The average molecular weight is 438 g/mol. The number of fused-ring (bicyclic) bond motifs is 1. The molecule has 164 valence electrons. The molecule has 4 nitrogen and oxygen atoms in total. The molecule has 1 atom stereocenters. The number of carbonyl (C=O) groups is 1. The second-order valence-corrected chi connectivity index (χ2v) is 12.6. The predicted molar refractivity (Wildman–Crippen MR) is 125 cm³/mol. The summed E-state index contributed by atoms with van der Waals surface area (Å²) < 4.78 is 19.0. The molecule has 5 rings (SSSR count). The number of hydrogen-bond acceptors (Lipinski definition) is 3. The predicted octanol–water partition coefficient (Wildman–Crippen LogP) is 6.23. The largest absolute Gasteiger partial charge is 0.331 e. The van der Waals surface area contributed by atoms with Gasteiger partial charge in [0.15, 0.2) is 0 Å². The van der Waals surface area contributed by atoms with Crippen LogP contribution in [0.5, 0.6) is 0 Å². The number of benzene rings is 2. The summed E-state index contributed by atoms with van der Waals surface area (Å²) in [5, 5.41) is 0. The summed E-state index contributed by atoms with van der Waals surface area (Å²) in [5.41, 5.74) is 6.10. The number of carbonyl (C=O) groups excluding carboxylic acids is 1. The van der Waals surface area contributed by atoms with Crippen molar-refractivity contribution < 1.29 is 13.9 Å². The Morgan fingerprint density at radius 3 is 2.35 bits per heavy atom. The fourth-order valence-electron chi connectivity index (χ4n) is 5.71. The van der Waals surface area contributed by atoms with Crippen molar-refractivity contribution in [1.82, 2.24) is 0 Å². The molecule has 0 bridgehead atoms. The molecule has 0 N–H and O–H groups in total. The van der Waals surface area contributed by atoms with Crippen molar-refractivity contribution in [3.63, 3.8) is 0 Å². The van der Waals surface area contributed by atoms with Crippen LogP contribution in [0.25, 0.3) is 0 Å². The number of amides is 1. The Kier molecular flexibility index (Phi) is 5.35. The van der Waals surface area contributed by atoms with Crippen molar-refractivity contribution in [3.8, 4) is 0 Å². The third-order valence-electron chi connectivity index (χ3n) is 7.70. The maximum atomic E-state index is 13.5. The zero-order valence-corrected chi connectivity index (χ0v) is 19.5. The lowest BCUT2D eigenvalue weighted by Gasteiger charge is -2.57. The van der Waals surface area contributed by atoms with E-state index in [-0.39, 0.29) is 5.91 Å². The van der Waals surface area contributed by atoms with E-state index in [1.807, 2.05) is 30.3 Å². The molecule has 1 heterocycles. The van der Waals surface area contributed by atoms with Gasteiger partial charge in [0, 0.05) is 25.3 Å². The molecule has 2 aliphatic carbocycles. The third kappa shape index (κ3) is 4.01. The summed E-state index contributed by atoms with van der Waals surface area (Å²) in [5.74, 6) is 0.265. The van der Waals surface area contributed by atoms with Crippen molar-refractivity contribution in [1.29, 1.82) is 0 Å².